The zero-order valence-corrected chi connectivity index (χ0v) is 21.1. The highest BCUT2D eigenvalue weighted by molar-refractivity contribution is 6.34. The van der Waals surface area contributed by atoms with Crippen molar-refractivity contribution in [1.82, 2.24) is 15.1 Å². The topological polar surface area (TPSA) is 85.2 Å². The predicted molar refractivity (Wildman–Crippen MR) is 139 cm³/mol. The lowest BCUT2D eigenvalue weighted by Gasteiger charge is -2.30. The van der Waals surface area contributed by atoms with Crippen LogP contribution in [-0.4, -0.2) is 27.6 Å². The van der Waals surface area contributed by atoms with Gasteiger partial charge in [0.15, 0.2) is 0 Å². The number of hydrogen-bond acceptors (Lipinski definition) is 4. The molecule has 36 heavy (non-hydrogen) atoms. The van der Waals surface area contributed by atoms with Gasteiger partial charge in [-0.3, -0.25) is 14.3 Å². The number of nitrogens with zero attached hydrogens (tertiary/aromatic N) is 2. The molecule has 8 heteroatoms. The summed E-state index contributed by atoms with van der Waals surface area (Å²) in [6.07, 6.45) is 6.95. The highest BCUT2D eigenvalue weighted by Gasteiger charge is 2.33. The molecule has 5 rings (SSSR count). The van der Waals surface area contributed by atoms with Crippen LogP contribution in [0.3, 0.4) is 0 Å². The highest BCUT2D eigenvalue weighted by atomic mass is 35.5. The molecular formula is C28H31ClN4O3. The van der Waals surface area contributed by atoms with Gasteiger partial charge < -0.3 is 15.4 Å². The third-order valence-corrected chi connectivity index (χ3v) is 7.27. The number of aromatic nitrogens is 2. The molecule has 0 unspecified atom stereocenters. The van der Waals surface area contributed by atoms with Gasteiger partial charge in [0.25, 0.3) is 5.91 Å². The lowest BCUT2D eigenvalue weighted by Crippen LogP contribution is -2.39. The number of hydrogen-bond donors (Lipinski definition) is 2. The fourth-order valence-electron chi connectivity index (χ4n) is 4.75. The number of ether oxygens (including phenoxy) is 1. The van der Waals surface area contributed by atoms with Gasteiger partial charge in [-0.05, 0) is 74.8 Å². The number of anilines is 1. The molecule has 7 nitrogen and oxygen atoms in total. The largest absolute Gasteiger partial charge is 0.489 e. The molecule has 2 aromatic carbocycles. The zero-order chi connectivity index (χ0) is 25.1. The van der Waals surface area contributed by atoms with Gasteiger partial charge in [-0.25, -0.2) is 0 Å². The van der Waals surface area contributed by atoms with Crippen LogP contribution in [0, 0.1) is 12.8 Å². The summed E-state index contributed by atoms with van der Waals surface area (Å²) >= 11 is 6.41. The second-order valence-electron chi connectivity index (χ2n) is 9.78. The number of benzene rings is 2. The number of aryl methyl sites for hydroxylation is 1. The van der Waals surface area contributed by atoms with Crippen molar-refractivity contribution in [2.45, 2.75) is 64.1 Å². The molecule has 0 spiro atoms. The van der Waals surface area contributed by atoms with Crippen LogP contribution in [0.5, 0.6) is 5.75 Å². The Balaban J connectivity index is 1.20. The summed E-state index contributed by atoms with van der Waals surface area (Å²) in [6.45, 7) is 2.41. The standard InChI is InChI=1S/C28H31ClN4O3/c1-18-15-23(36-17-19-5-3-2-4-6-19)13-14-25(18)32-28(35)26-24(29)16-30-33(26)22-11-9-21(10-12-22)31-27(34)20-7-8-20/h2-6,13-16,20-22H,7-12,17H2,1H3,(H,31,34)(H,32,35). The Morgan fingerprint density at radius 2 is 1.81 bits per heavy atom. The number of nitrogens with one attached hydrogen (secondary N) is 2. The number of halogens is 1. The van der Waals surface area contributed by atoms with Crippen molar-refractivity contribution in [3.05, 3.63) is 76.6 Å². The molecular weight excluding hydrogens is 476 g/mol. The van der Waals surface area contributed by atoms with Crippen LogP contribution in [0.25, 0.3) is 0 Å². The van der Waals surface area contributed by atoms with Crippen molar-refractivity contribution in [2.24, 2.45) is 5.92 Å². The maximum Gasteiger partial charge on any atom is 0.275 e. The maximum absolute atomic E-state index is 13.3. The van der Waals surface area contributed by atoms with E-state index in [-0.39, 0.29) is 29.8 Å². The molecule has 0 radical (unpaired) electrons. The van der Waals surface area contributed by atoms with Crippen LogP contribution in [0.4, 0.5) is 5.69 Å². The molecule has 2 N–H and O–H groups in total. The fraction of sp³-hybridized carbons (Fsp3) is 0.393. The Kier molecular flexibility index (Phi) is 7.28. The number of rotatable bonds is 8. The molecule has 2 fully saturated rings. The average Bonchev–Trinajstić information content (AvgIpc) is 3.67. The molecule has 0 bridgehead atoms. The number of amides is 2. The van der Waals surface area contributed by atoms with E-state index < -0.39 is 0 Å². The molecule has 1 heterocycles. The second-order valence-corrected chi connectivity index (χ2v) is 10.2. The van der Waals surface area contributed by atoms with E-state index in [9.17, 15) is 9.59 Å². The SMILES string of the molecule is Cc1cc(OCc2ccccc2)ccc1NC(=O)c1c(Cl)cnn1C1CCC(NC(=O)C2CC2)CC1. The van der Waals surface area contributed by atoms with Crippen molar-refractivity contribution in [2.75, 3.05) is 5.32 Å². The Bertz CT molecular complexity index is 1230. The monoisotopic (exact) mass is 506 g/mol. The molecule has 3 aromatic rings. The molecule has 188 valence electrons. The fourth-order valence-corrected chi connectivity index (χ4v) is 4.96. The third-order valence-electron chi connectivity index (χ3n) is 7.00. The Labute approximate surface area is 216 Å². The van der Waals surface area contributed by atoms with E-state index in [2.05, 4.69) is 15.7 Å². The zero-order valence-electron chi connectivity index (χ0n) is 20.4. The molecule has 2 amide bonds. The van der Waals surface area contributed by atoms with Gasteiger partial charge in [0.05, 0.1) is 17.3 Å². The van der Waals surface area contributed by atoms with Crippen molar-refractivity contribution in [3.8, 4) is 5.75 Å². The summed E-state index contributed by atoms with van der Waals surface area (Å²) in [7, 11) is 0. The second kappa shape index (κ2) is 10.7. The van der Waals surface area contributed by atoms with Crippen LogP contribution in [0.15, 0.2) is 54.7 Å². The van der Waals surface area contributed by atoms with Crippen molar-refractivity contribution in [3.63, 3.8) is 0 Å². The van der Waals surface area contributed by atoms with Crippen LogP contribution in [-0.2, 0) is 11.4 Å². The lowest BCUT2D eigenvalue weighted by atomic mass is 9.91. The van der Waals surface area contributed by atoms with Crippen LogP contribution >= 0.6 is 11.6 Å². The summed E-state index contributed by atoms with van der Waals surface area (Å²) in [6, 6.07) is 15.9. The van der Waals surface area contributed by atoms with Gasteiger partial charge in [0.2, 0.25) is 5.91 Å². The molecule has 1 aromatic heterocycles. The smallest absolute Gasteiger partial charge is 0.275 e. The molecule has 2 aliphatic rings. The minimum absolute atomic E-state index is 0.0715. The first-order chi connectivity index (χ1) is 17.5. The Morgan fingerprint density at radius 1 is 1.06 bits per heavy atom. The normalized spacial score (nSPS) is 19.5. The average molecular weight is 507 g/mol. The summed E-state index contributed by atoms with van der Waals surface area (Å²) in [5.74, 6) is 0.856. The summed E-state index contributed by atoms with van der Waals surface area (Å²) in [5, 5.41) is 10.9. The molecule has 2 saturated carbocycles. The molecule has 0 saturated heterocycles. The minimum atomic E-state index is -0.289. The Morgan fingerprint density at radius 3 is 2.50 bits per heavy atom. The van der Waals surface area contributed by atoms with E-state index in [1.54, 1.807) is 4.68 Å². The van der Waals surface area contributed by atoms with Gasteiger partial charge in [-0.15, -0.1) is 0 Å². The maximum atomic E-state index is 13.3. The summed E-state index contributed by atoms with van der Waals surface area (Å²) in [5.41, 5.74) is 3.05. The number of carbonyl (C=O) groups is 2. The Hall–Kier alpha value is -3.32. The molecule has 0 atom stereocenters. The van der Waals surface area contributed by atoms with Crippen molar-refractivity contribution in [1.29, 1.82) is 0 Å². The highest BCUT2D eigenvalue weighted by Crippen LogP contribution is 2.33. The van der Waals surface area contributed by atoms with E-state index in [0.29, 0.717) is 23.0 Å². The predicted octanol–water partition coefficient (Wildman–Crippen LogP) is 5.69. The minimum Gasteiger partial charge on any atom is -0.489 e. The van der Waals surface area contributed by atoms with E-state index in [4.69, 9.17) is 16.3 Å². The third kappa shape index (κ3) is 5.73. The first-order valence-corrected chi connectivity index (χ1v) is 13.0. The van der Waals surface area contributed by atoms with Gasteiger partial charge in [0.1, 0.15) is 18.1 Å². The van der Waals surface area contributed by atoms with Gasteiger partial charge in [-0.2, -0.15) is 5.10 Å². The quantitative estimate of drug-likeness (QED) is 0.411. The molecule has 2 aliphatic carbocycles. The summed E-state index contributed by atoms with van der Waals surface area (Å²) < 4.78 is 7.65. The lowest BCUT2D eigenvalue weighted by molar-refractivity contribution is -0.123. The summed E-state index contributed by atoms with van der Waals surface area (Å²) in [4.78, 5) is 25.3. The van der Waals surface area contributed by atoms with Crippen molar-refractivity contribution >= 4 is 29.1 Å². The van der Waals surface area contributed by atoms with Crippen molar-refractivity contribution < 1.29 is 14.3 Å². The van der Waals surface area contributed by atoms with Gasteiger partial charge >= 0.3 is 0 Å². The van der Waals surface area contributed by atoms with Gasteiger partial charge in [0, 0.05) is 17.6 Å². The number of carbonyl (C=O) groups excluding carboxylic acids is 2. The van der Waals surface area contributed by atoms with Crippen LogP contribution in [0.2, 0.25) is 5.02 Å². The van der Waals surface area contributed by atoms with E-state index in [1.807, 2.05) is 55.5 Å². The first-order valence-electron chi connectivity index (χ1n) is 12.6. The van der Waals surface area contributed by atoms with E-state index >= 15 is 0 Å². The van der Waals surface area contributed by atoms with E-state index in [0.717, 1.165) is 55.4 Å². The van der Waals surface area contributed by atoms with Crippen LogP contribution in [0.1, 0.15) is 66.2 Å². The van der Waals surface area contributed by atoms with Gasteiger partial charge in [-0.1, -0.05) is 41.9 Å². The first kappa shape index (κ1) is 24.4. The van der Waals surface area contributed by atoms with Crippen LogP contribution < -0.4 is 15.4 Å². The van der Waals surface area contributed by atoms with E-state index in [1.165, 1.54) is 6.20 Å². The molecule has 0 aliphatic heterocycles.